The fourth-order valence-corrected chi connectivity index (χ4v) is 2.86. The maximum atomic E-state index is 5.51. The third-order valence-corrected chi connectivity index (χ3v) is 4.02. The number of ether oxygens (including phenoxy) is 1. The van der Waals surface area contributed by atoms with E-state index in [0.29, 0.717) is 4.83 Å². The molecule has 1 aliphatic heterocycles. The normalized spacial score (nSPS) is 15.6. The Kier molecular flexibility index (Phi) is 4.28. The minimum Gasteiger partial charge on any atom is -0.493 e. The van der Waals surface area contributed by atoms with E-state index in [2.05, 4.69) is 41.1 Å². The van der Waals surface area contributed by atoms with E-state index in [1.807, 2.05) is 0 Å². The van der Waals surface area contributed by atoms with Gasteiger partial charge in [-0.25, -0.2) is 0 Å². The molecule has 0 radical (unpaired) electrons. The lowest BCUT2D eigenvalue weighted by molar-refractivity contribution is 0.357. The molecule has 0 bridgehead atoms. The molecule has 1 aromatic carbocycles. The summed E-state index contributed by atoms with van der Waals surface area (Å²) in [6.07, 6.45) is 6.01. The zero-order valence-electron chi connectivity index (χ0n) is 9.84. The van der Waals surface area contributed by atoms with Crippen molar-refractivity contribution in [1.82, 2.24) is 0 Å². The second kappa shape index (κ2) is 5.72. The maximum Gasteiger partial charge on any atom is 0.122 e. The van der Waals surface area contributed by atoms with Crippen LogP contribution >= 0.6 is 15.9 Å². The van der Waals surface area contributed by atoms with Crippen molar-refractivity contribution in [3.8, 4) is 5.75 Å². The highest BCUT2D eigenvalue weighted by atomic mass is 79.9. The van der Waals surface area contributed by atoms with Crippen LogP contribution in [0.1, 0.15) is 37.3 Å². The van der Waals surface area contributed by atoms with E-state index in [0.717, 1.165) is 18.8 Å². The summed E-state index contributed by atoms with van der Waals surface area (Å²) in [6.45, 7) is 3.09. The van der Waals surface area contributed by atoms with Crippen LogP contribution in [0.2, 0.25) is 0 Å². The van der Waals surface area contributed by atoms with Crippen molar-refractivity contribution >= 4 is 15.9 Å². The van der Waals surface area contributed by atoms with Crippen LogP contribution in [0.5, 0.6) is 5.75 Å². The van der Waals surface area contributed by atoms with Crippen LogP contribution in [0.3, 0.4) is 0 Å². The molecule has 0 amide bonds. The van der Waals surface area contributed by atoms with Gasteiger partial charge in [0.1, 0.15) is 5.75 Å². The predicted molar refractivity (Wildman–Crippen MR) is 71.6 cm³/mol. The molecule has 1 nitrogen and oxygen atoms in total. The van der Waals surface area contributed by atoms with Crippen molar-refractivity contribution in [2.75, 3.05) is 6.61 Å². The van der Waals surface area contributed by atoms with Crippen LogP contribution in [0.25, 0.3) is 0 Å². The molecular weight excluding hydrogens is 264 g/mol. The summed E-state index contributed by atoms with van der Waals surface area (Å²) >= 11 is 3.73. The van der Waals surface area contributed by atoms with Crippen molar-refractivity contribution < 1.29 is 4.74 Å². The van der Waals surface area contributed by atoms with Gasteiger partial charge in [-0.2, -0.15) is 0 Å². The number of alkyl halides is 1. The molecule has 1 aliphatic rings. The topological polar surface area (TPSA) is 9.23 Å². The van der Waals surface area contributed by atoms with Crippen molar-refractivity contribution in [1.29, 1.82) is 0 Å². The van der Waals surface area contributed by atoms with E-state index < -0.39 is 0 Å². The Morgan fingerprint density at radius 3 is 3.06 bits per heavy atom. The van der Waals surface area contributed by atoms with Gasteiger partial charge in [0.05, 0.1) is 6.61 Å². The molecule has 0 spiro atoms. The third kappa shape index (κ3) is 3.00. The molecule has 2 rings (SSSR count). The Balaban J connectivity index is 1.90. The molecule has 1 heterocycles. The first kappa shape index (κ1) is 12.0. The predicted octanol–water partition coefficient (Wildman–Crippen LogP) is 4.12. The van der Waals surface area contributed by atoms with Gasteiger partial charge in [-0.3, -0.25) is 0 Å². The van der Waals surface area contributed by atoms with E-state index in [4.69, 9.17) is 4.74 Å². The van der Waals surface area contributed by atoms with Gasteiger partial charge in [0.25, 0.3) is 0 Å². The molecular formula is C14H19BrO. The zero-order valence-corrected chi connectivity index (χ0v) is 11.4. The number of rotatable bonds is 5. The summed E-state index contributed by atoms with van der Waals surface area (Å²) in [7, 11) is 0. The van der Waals surface area contributed by atoms with E-state index >= 15 is 0 Å². The third-order valence-electron chi connectivity index (χ3n) is 3.10. The molecule has 0 saturated carbocycles. The van der Waals surface area contributed by atoms with Crippen molar-refractivity contribution in [3.05, 3.63) is 29.3 Å². The summed E-state index contributed by atoms with van der Waals surface area (Å²) in [5.74, 6) is 1.09. The lowest BCUT2D eigenvalue weighted by Gasteiger charge is -2.08. The number of fused-ring (bicyclic) bond motifs is 1. The first-order chi connectivity index (χ1) is 7.79. The lowest BCUT2D eigenvalue weighted by atomic mass is 10.0. The smallest absolute Gasteiger partial charge is 0.122 e. The van der Waals surface area contributed by atoms with Gasteiger partial charge in [-0.1, -0.05) is 41.4 Å². The van der Waals surface area contributed by atoms with Gasteiger partial charge in [0.2, 0.25) is 0 Å². The second-order valence-electron chi connectivity index (χ2n) is 4.47. The second-order valence-corrected chi connectivity index (χ2v) is 5.76. The fraction of sp³-hybridized carbons (Fsp3) is 0.571. The van der Waals surface area contributed by atoms with E-state index in [9.17, 15) is 0 Å². The first-order valence-electron chi connectivity index (χ1n) is 6.18. The molecule has 16 heavy (non-hydrogen) atoms. The van der Waals surface area contributed by atoms with Gasteiger partial charge < -0.3 is 4.74 Å². The first-order valence-corrected chi connectivity index (χ1v) is 7.10. The number of hydrogen-bond acceptors (Lipinski definition) is 1. The molecule has 1 unspecified atom stereocenters. The minimum absolute atomic E-state index is 0.669. The van der Waals surface area contributed by atoms with Gasteiger partial charge in [0.15, 0.2) is 0 Å². The summed E-state index contributed by atoms with van der Waals surface area (Å²) in [5, 5.41) is 0. The highest BCUT2D eigenvalue weighted by Gasteiger charge is 2.12. The summed E-state index contributed by atoms with van der Waals surface area (Å²) < 4.78 is 5.51. The molecule has 0 saturated heterocycles. The maximum absolute atomic E-state index is 5.51. The zero-order chi connectivity index (χ0) is 11.4. The van der Waals surface area contributed by atoms with Crippen molar-refractivity contribution in [3.63, 3.8) is 0 Å². The SMILES string of the molecule is CCCC(Br)CCc1ccc2c(c1)CCO2. The van der Waals surface area contributed by atoms with Crippen LogP contribution in [-0.2, 0) is 12.8 Å². The molecule has 88 valence electrons. The molecule has 0 N–H and O–H groups in total. The van der Waals surface area contributed by atoms with Crippen LogP contribution in [0.4, 0.5) is 0 Å². The minimum atomic E-state index is 0.669. The molecule has 1 aromatic rings. The number of halogens is 1. The molecule has 0 aromatic heterocycles. The van der Waals surface area contributed by atoms with E-state index in [1.165, 1.54) is 36.8 Å². The Morgan fingerprint density at radius 1 is 1.38 bits per heavy atom. The van der Waals surface area contributed by atoms with Gasteiger partial charge in [-0.05, 0) is 36.5 Å². The van der Waals surface area contributed by atoms with Gasteiger partial charge in [-0.15, -0.1) is 0 Å². The van der Waals surface area contributed by atoms with Crippen LogP contribution in [-0.4, -0.2) is 11.4 Å². The van der Waals surface area contributed by atoms with Gasteiger partial charge in [0, 0.05) is 11.2 Å². The lowest BCUT2D eigenvalue weighted by Crippen LogP contribution is -1.99. The number of benzene rings is 1. The Labute approximate surface area is 106 Å². The molecule has 0 fully saturated rings. The summed E-state index contributed by atoms with van der Waals surface area (Å²) in [5.41, 5.74) is 2.84. The molecule has 1 atom stereocenters. The monoisotopic (exact) mass is 282 g/mol. The average Bonchev–Trinajstić information content (AvgIpc) is 2.74. The highest BCUT2D eigenvalue weighted by molar-refractivity contribution is 9.09. The van der Waals surface area contributed by atoms with E-state index in [1.54, 1.807) is 0 Å². The molecule has 2 heteroatoms. The Hall–Kier alpha value is -0.500. The van der Waals surface area contributed by atoms with E-state index in [-0.39, 0.29) is 0 Å². The number of hydrogen-bond donors (Lipinski definition) is 0. The quantitative estimate of drug-likeness (QED) is 0.739. The summed E-state index contributed by atoms with van der Waals surface area (Å²) in [4.78, 5) is 0.669. The van der Waals surface area contributed by atoms with Crippen molar-refractivity contribution in [2.24, 2.45) is 0 Å². The largest absolute Gasteiger partial charge is 0.493 e. The Morgan fingerprint density at radius 2 is 2.25 bits per heavy atom. The number of aryl methyl sites for hydroxylation is 1. The van der Waals surface area contributed by atoms with Crippen molar-refractivity contribution in [2.45, 2.75) is 43.9 Å². The average molecular weight is 283 g/mol. The van der Waals surface area contributed by atoms with Crippen LogP contribution < -0.4 is 4.74 Å². The van der Waals surface area contributed by atoms with Crippen LogP contribution in [0, 0.1) is 0 Å². The Bertz CT molecular complexity index is 349. The molecule has 0 aliphatic carbocycles. The fourth-order valence-electron chi connectivity index (χ4n) is 2.18. The van der Waals surface area contributed by atoms with Gasteiger partial charge >= 0.3 is 0 Å². The standard InChI is InChI=1S/C14H19BrO/c1-2-3-13(15)6-4-11-5-7-14-12(10-11)8-9-16-14/h5,7,10,13H,2-4,6,8-9H2,1H3. The van der Waals surface area contributed by atoms with Crippen LogP contribution in [0.15, 0.2) is 18.2 Å². The highest BCUT2D eigenvalue weighted by Crippen LogP contribution is 2.27. The summed E-state index contributed by atoms with van der Waals surface area (Å²) in [6, 6.07) is 6.64.